The number of rotatable bonds is 4. The highest BCUT2D eigenvalue weighted by Crippen LogP contribution is 2.51. The monoisotopic (exact) mass is 431 g/mol. The fourth-order valence-electron chi connectivity index (χ4n) is 2.95. The van der Waals surface area contributed by atoms with E-state index >= 15 is 0 Å². The van der Waals surface area contributed by atoms with E-state index in [1.54, 1.807) is 0 Å². The van der Waals surface area contributed by atoms with Crippen molar-refractivity contribution in [3.05, 3.63) is 68.1 Å². The zero-order valence-electron chi connectivity index (χ0n) is 12.9. The lowest BCUT2D eigenvalue weighted by molar-refractivity contribution is 0.589. The Labute approximate surface area is 154 Å². The smallest absolute Gasteiger partial charge is 0.0271 e. The number of nitrogens with two attached hydrogens (primary N) is 1. The molecule has 1 saturated carbocycles. The van der Waals surface area contributed by atoms with E-state index in [1.165, 1.54) is 24.8 Å². The SMILES string of the molecule is NCCCC1(c2ccc(C#Cc3cc(Br)cc(Br)c3)cc2)CC1. The van der Waals surface area contributed by atoms with Gasteiger partial charge in [-0.2, -0.15) is 0 Å². The van der Waals surface area contributed by atoms with Gasteiger partial charge in [-0.25, -0.2) is 0 Å². The van der Waals surface area contributed by atoms with Gasteiger partial charge in [-0.15, -0.1) is 0 Å². The van der Waals surface area contributed by atoms with Gasteiger partial charge in [-0.1, -0.05) is 55.8 Å². The fraction of sp³-hybridized carbons (Fsp3) is 0.300. The molecule has 2 N–H and O–H groups in total. The van der Waals surface area contributed by atoms with Crippen molar-refractivity contribution < 1.29 is 0 Å². The molecule has 2 aromatic rings. The van der Waals surface area contributed by atoms with Crippen molar-refractivity contribution in [2.24, 2.45) is 5.73 Å². The van der Waals surface area contributed by atoms with Crippen LogP contribution in [0.3, 0.4) is 0 Å². The lowest BCUT2D eigenvalue weighted by Gasteiger charge is -2.15. The molecule has 0 radical (unpaired) electrons. The largest absolute Gasteiger partial charge is 0.330 e. The molecule has 23 heavy (non-hydrogen) atoms. The quantitative estimate of drug-likeness (QED) is 0.644. The first kappa shape index (κ1) is 16.8. The minimum atomic E-state index is 0.403. The van der Waals surface area contributed by atoms with Gasteiger partial charge in [0.25, 0.3) is 0 Å². The van der Waals surface area contributed by atoms with E-state index in [2.05, 4.69) is 68.0 Å². The molecular weight excluding hydrogens is 414 g/mol. The van der Waals surface area contributed by atoms with Crippen molar-refractivity contribution in [3.8, 4) is 11.8 Å². The normalized spacial score (nSPS) is 14.9. The first-order chi connectivity index (χ1) is 11.1. The van der Waals surface area contributed by atoms with Crippen molar-refractivity contribution in [1.29, 1.82) is 0 Å². The number of halogens is 2. The van der Waals surface area contributed by atoms with Crippen LogP contribution < -0.4 is 5.73 Å². The Balaban J connectivity index is 1.75. The van der Waals surface area contributed by atoms with Crippen LogP contribution in [0, 0.1) is 11.8 Å². The lowest BCUT2D eigenvalue weighted by Crippen LogP contribution is -2.09. The third-order valence-electron chi connectivity index (χ3n) is 4.42. The zero-order valence-corrected chi connectivity index (χ0v) is 16.1. The van der Waals surface area contributed by atoms with E-state index in [4.69, 9.17) is 5.73 Å². The Bertz CT molecular complexity index is 729. The molecule has 0 amide bonds. The number of hydrogen-bond donors (Lipinski definition) is 1. The van der Waals surface area contributed by atoms with Crippen LogP contribution in [0.4, 0.5) is 0 Å². The molecule has 0 unspecified atom stereocenters. The van der Waals surface area contributed by atoms with E-state index in [1.807, 2.05) is 18.2 Å². The van der Waals surface area contributed by atoms with Crippen molar-refractivity contribution in [2.45, 2.75) is 31.1 Å². The van der Waals surface area contributed by atoms with Crippen LogP contribution in [0.15, 0.2) is 51.4 Å². The van der Waals surface area contributed by atoms with Crippen molar-refractivity contribution >= 4 is 31.9 Å². The van der Waals surface area contributed by atoms with Crippen molar-refractivity contribution in [1.82, 2.24) is 0 Å². The van der Waals surface area contributed by atoms with Crippen molar-refractivity contribution in [3.63, 3.8) is 0 Å². The summed E-state index contributed by atoms with van der Waals surface area (Å²) in [5, 5.41) is 0. The molecule has 0 atom stereocenters. The average molecular weight is 433 g/mol. The minimum absolute atomic E-state index is 0.403. The van der Waals surface area contributed by atoms with Crippen LogP contribution in [-0.4, -0.2) is 6.54 Å². The van der Waals surface area contributed by atoms with Gasteiger partial charge in [0.05, 0.1) is 0 Å². The maximum absolute atomic E-state index is 5.66. The molecule has 0 aliphatic heterocycles. The highest BCUT2D eigenvalue weighted by Gasteiger charge is 2.42. The molecule has 1 nitrogen and oxygen atoms in total. The third-order valence-corrected chi connectivity index (χ3v) is 5.34. The highest BCUT2D eigenvalue weighted by molar-refractivity contribution is 9.11. The van der Waals surface area contributed by atoms with E-state index in [0.717, 1.165) is 33.0 Å². The van der Waals surface area contributed by atoms with E-state index in [9.17, 15) is 0 Å². The minimum Gasteiger partial charge on any atom is -0.330 e. The highest BCUT2D eigenvalue weighted by atomic mass is 79.9. The lowest BCUT2D eigenvalue weighted by atomic mass is 9.90. The van der Waals surface area contributed by atoms with Crippen LogP contribution in [0.1, 0.15) is 42.4 Å². The Kier molecular flexibility index (Phi) is 5.26. The summed E-state index contributed by atoms with van der Waals surface area (Å²) in [6, 6.07) is 14.8. The van der Waals surface area contributed by atoms with Crippen LogP contribution in [0.2, 0.25) is 0 Å². The second-order valence-corrected chi connectivity index (χ2v) is 7.99. The molecule has 1 fully saturated rings. The van der Waals surface area contributed by atoms with Crippen LogP contribution in [0.25, 0.3) is 0 Å². The van der Waals surface area contributed by atoms with Gasteiger partial charge in [0.2, 0.25) is 0 Å². The molecular formula is C20H19Br2N. The van der Waals surface area contributed by atoms with Gasteiger partial charge < -0.3 is 5.73 Å². The molecule has 3 heteroatoms. The van der Waals surface area contributed by atoms with Gasteiger partial charge >= 0.3 is 0 Å². The Morgan fingerprint density at radius 2 is 1.52 bits per heavy atom. The molecule has 0 aromatic heterocycles. The molecule has 0 saturated heterocycles. The van der Waals surface area contributed by atoms with Gasteiger partial charge in [-0.3, -0.25) is 0 Å². The number of benzene rings is 2. The number of hydrogen-bond acceptors (Lipinski definition) is 1. The van der Waals surface area contributed by atoms with Crippen LogP contribution >= 0.6 is 31.9 Å². The maximum Gasteiger partial charge on any atom is 0.0271 e. The van der Waals surface area contributed by atoms with Gasteiger partial charge in [0.1, 0.15) is 0 Å². The van der Waals surface area contributed by atoms with Crippen LogP contribution in [0.5, 0.6) is 0 Å². The summed E-state index contributed by atoms with van der Waals surface area (Å²) in [6.07, 6.45) is 4.91. The summed E-state index contributed by atoms with van der Waals surface area (Å²) in [7, 11) is 0. The summed E-state index contributed by atoms with van der Waals surface area (Å²) >= 11 is 6.98. The molecule has 1 aliphatic carbocycles. The zero-order chi connectivity index (χ0) is 16.3. The summed E-state index contributed by atoms with van der Waals surface area (Å²) in [5.74, 6) is 6.47. The molecule has 0 bridgehead atoms. The first-order valence-electron chi connectivity index (χ1n) is 7.90. The molecule has 0 spiro atoms. The summed E-state index contributed by atoms with van der Waals surface area (Å²) in [5.41, 5.74) is 9.56. The molecule has 0 heterocycles. The topological polar surface area (TPSA) is 26.0 Å². The predicted molar refractivity (Wildman–Crippen MR) is 103 cm³/mol. The average Bonchev–Trinajstić information content (AvgIpc) is 3.32. The van der Waals surface area contributed by atoms with Crippen molar-refractivity contribution in [2.75, 3.05) is 6.54 Å². The first-order valence-corrected chi connectivity index (χ1v) is 9.49. The molecule has 2 aromatic carbocycles. The molecule has 118 valence electrons. The van der Waals surface area contributed by atoms with Gasteiger partial charge in [-0.05, 0) is 73.5 Å². The van der Waals surface area contributed by atoms with Gasteiger partial charge in [0, 0.05) is 20.1 Å². The Morgan fingerprint density at radius 3 is 2.09 bits per heavy atom. The fourth-order valence-corrected chi connectivity index (χ4v) is 4.25. The summed E-state index contributed by atoms with van der Waals surface area (Å²) in [6.45, 7) is 0.785. The Hall–Kier alpha value is -1.08. The van der Waals surface area contributed by atoms with Crippen LogP contribution in [-0.2, 0) is 5.41 Å². The molecule has 1 aliphatic rings. The predicted octanol–water partition coefficient (Wildman–Crippen LogP) is 5.38. The van der Waals surface area contributed by atoms with E-state index in [0.29, 0.717) is 5.41 Å². The second kappa shape index (κ2) is 7.21. The van der Waals surface area contributed by atoms with Gasteiger partial charge in [0.15, 0.2) is 0 Å². The summed E-state index contributed by atoms with van der Waals surface area (Å²) in [4.78, 5) is 0. The third kappa shape index (κ3) is 4.26. The molecule has 3 rings (SSSR count). The Morgan fingerprint density at radius 1 is 0.913 bits per heavy atom. The second-order valence-electron chi connectivity index (χ2n) is 6.16. The summed E-state index contributed by atoms with van der Waals surface area (Å²) < 4.78 is 2.06. The standard InChI is InChI=1S/C20H19Br2N/c21-18-12-16(13-19(22)14-18)3-2-15-4-6-17(7-5-15)20(9-10-20)8-1-11-23/h4-7,12-14H,1,8-11,23H2. The van der Waals surface area contributed by atoms with E-state index in [-0.39, 0.29) is 0 Å². The maximum atomic E-state index is 5.66. The van der Waals surface area contributed by atoms with E-state index < -0.39 is 0 Å².